The maximum atomic E-state index is 12.8. The number of Topliss-reactive ketones (excluding diaryl/α,β-unsaturated/α-hetero) is 1. The number of hydrogen-bond donors (Lipinski definition) is 0. The molecule has 2 heterocycles. The number of benzene rings is 2. The summed E-state index contributed by atoms with van der Waals surface area (Å²) in [6, 6.07) is 18.4. The van der Waals surface area contributed by atoms with E-state index in [-0.39, 0.29) is 11.7 Å². The van der Waals surface area contributed by atoms with E-state index in [9.17, 15) is 9.59 Å². The SMILES string of the molecule is CC(=O)c1ccc(N2CCN(CC(=O)N3CCN(Cc4ccccc4)CC3)CC2)cc1. The van der Waals surface area contributed by atoms with Crippen molar-refractivity contribution in [2.45, 2.75) is 13.5 Å². The summed E-state index contributed by atoms with van der Waals surface area (Å²) in [5, 5.41) is 0. The smallest absolute Gasteiger partial charge is 0.236 e. The monoisotopic (exact) mass is 420 g/mol. The van der Waals surface area contributed by atoms with Crippen LogP contribution in [0.3, 0.4) is 0 Å². The Bertz CT molecular complexity index is 868. The molecular weight excluding hydrogens is 388 g/mol. The molecule has 0 radical (unpaired) electrons. The van der Waals surface area contributed by atoms with E-state index in [1.165, 1.54) is 5.56 Å². The van der Waals surface area contributed by atoms with Gasteiger partial charge in [0.05, 0.1) is 6.54 Å². The molecule has 2 aromatic rings. The Labute approximate surface area is 185 Å². The maximum absolute atomic E-state index is 12.8. The summed E-state index contributed by atoms with van der Waals surface area (Å²) in [5.74, 6) is 0.342. The molecule has 2 aliphatic rings. The fourth-order valence-electron chi connectivity index (χ4n) is 4.36. The number of amides is 1. The molecule has 164 valence electrons. The fraction of sp³-hybridized carbons (Fsp3) is 0.440. The van der Waals surface area contributed by atoms with Crippen LogP contribution in [0.4, 0.5) is 5.69 Å². The van der Waals surface area contributed by atoms with Gasteiger partial charge < -0.3 is 9.80 Å². The summed E-state index contributed by atoms with van der Waals surface area (Å²) in [7, 11) is 0. The quantitative estimate of drug-likeness (QED) is 0.672. The number of rotatable bonds is 6. The minimum atomic E-state index is 0.0933. The highest BCUT2D eigenvalue weighted by molar-refractivity contribution is 5.94. The first kappa shape index (κ1) is 21.5. The molecule has 31 heavy (non-hydrogen) atoms. The first-order valence-corrected chi connectivity index (χ1v) is 11.2. The molecule has 2 saturated heterocycles. The zero-order valence-corrected chi connectivity index (χ0v) is 18.4. The van der Waals surface area contributed by atoms with Crippen LogP contribution in [-0.2, 0) is 11.3 Å². The van der Waals surface area contributed by atoms with Crippen LogP contribution in [0, 0.1) is 0 Å². The summed E-state index contributed by atoms with van der Waals surface area (Å²) in [6.45, 7) is 10.1. The van der Waals surface area contributed by atoms with Gasteiger partial charge in [-0.15, -0.1) is 0 Å². The van der Waals surface area contributed by atoms with E-state index in [1.54, 1.807) is 6.92 Å². The van der Waals surface area contributed by atoms with Crippen molar-refractivity contribution in [2.75, 3.05) is 63.8 Å². The molecule has 0 aromatic heterocycles. The van der Waals surface area contributed by atoms with Gasteiger partial charge >= 0.3 is 0 Å². The van der Waals surface area contributed by atoms with Crippen molar-refractivity contribution in [1.29, 1.82) is 0 Å². The highest BCUT2D eigenvalue weighted by Gasteiger charge is 2.25. The van der Waals surface area contributed by atoms with E-state index in [4.69, 9.17) is 0 Å². The molecule has 6 heteroatoms. The molecule has 0 N–H and O–H groups in total. The molecule has 4 rings (SSSR count). The predicted molar refractivity (Wildman–Crippen MR) is 123 cm³/mol. The van der Waals surface area contributed by atoms with Crippen molar-refractivity contribution in [1.82, 2.24) is 14.7 Å². The Morgan fingerprint density at radius 2 is 1.35 bits per heavy atom. The Morgan fingerprint density at radius 1 is 0.742 bits per heavy atom. The zero-order valence-electron chi connectivity index (χ0n) is 18.4. The second-order valence-electron chi connectivity index (χ2n) is 8.51. The van der Waals surface area contributed by atoms with Gasteiger partial charge in [-0.3, -0.25) is 19.4 Å². The lowest BCUT2D eigenvalue weighted by molar-refractivity contribution is -0.134. The summed E-state index contributed by atoms with van der Waals surface area (Å²) >= 11 is 0. The van der Waals surface area contributed by atoms with Gasteiger partial charge in [0.15, 0.2) is 5.78 Å². The highest BCUT2D eigenvalue weighted by atomic mass is 16.2. The van der Waals surface area contributed by atoms with Crippen LogP contribution in [0.5, 0.6) is 0 Å². The molecule has 1 amide bonds. The number of ketones is 1. The Morgan fingerprint density at radius 3 is 1.97 bits per heavy atom. The van der Waals surface area contributed by atoms with Crippen LogP contribution >= 0.6 is 0 Å². The van der Waals surface area contributed by atoms with E-state index >= 15 is 0 Å². The van der Waals surface area contributed by atoms with Gasteiger partial charge in [0, 0.05) is 70.2 Å². The molecule has 2 aliphatic heterocycles. The third kappa shape index (κ3) is 5.71. The van der Waals surface area contributed by atoms with Crippen LogP contribution in [0.25, 0.3) is 0 Å². The van der Waals surface area contributed by atoms with E-state index in [1.807, 2.05) is 35.2 Å². The van der Waals surface area contributed by atoms with Crippen molar-refractivity contribution in [2.24, 2.45) is 0 Å². The zero-order chi connectivity index (χ0) is 21.6. The van der Waals surface area contributed by atoms with Gasteiger partial charge in [0.2, 0.25) is 5.91 Å². The number of nitrogens with zero attached hydrogens (tertiary/aromatic N) is 4. The summed E-state index contributed by atoms with van der Waals surface area (Å²) in [6.07, 6.45) is 0. The molecule has 0 unspecified atom stereocenters. The van der Waals surface area contributed by atoms with Crippen molar-refractivity contribution < 1.29 is 9.59 Å². The van der Waals surface area contributed by atoms with E-state index < -0.39 is 0 Å². The fourth-order valence-corrected chi connectivity index (χ4v) is 4.36. The Hall–Kier alpha value is -2.70. The minimum absolute atomic E-state index is 0.0933. The van der Waals surface area contributed by atoms with E-state index in [0.717, 1.165) is 70.2 Å². The lowest BCUT2D eigenvalue weighted by Gasteiger charge is -2.38. The molecule has 0 atom stereocenters. The van der Waals surface area contributed by atoms with Crippen molar-refractivity contribution in [3.05, 3.63) is 65.7 Å². The molecule has 0 spiro atoms. The first-order valence-electron chi connectivity index (χ1n) is 11.2. The third-order valence-corrected chi connectivity index (χ3v) is 6.34. The summed E-state index contributed by atoms with van der Waals surface area (Å²) in [4.78, 5) is 33.3. The summed E-state index contributed by atoms with van der Waals surface area (Å²) in [5.41, 5.74) is 3.22. The number of hydrogen-bond acceptors (Lipinski definition) is 5. The lowest BCUT2D eigenvalue weighted by Crippen LogP contribution is -2.53. The normalized spacial score (nSPS) is 18.2. The van der Waals surface area contributed by atoms with Crippen LogP contribution in [0.1, 0.15) is 22.8 Å². The van der Waals surface area contributed by atoms with Crippen molar-refractivity contribution >= 4 is 17.4 Å². The van der Waals surface area contributed by atoms with Crippen molar-refractivity contribution in [3.8, 4) is 0 Å². The second kappa shape index (κ2) is 10.1. The average molecular weight is 421 g/mol. The van der Waals surface area contributed by atoms with Crippen LogP contribution < -0.4 is 4.90 Å². The minimum Gasteiger partial charge on any atom is -0.369 e. The van der Waals surface area contributed by atoms with Crippen LogP contribution in [0.15, 0.2) is 54.6 Å². The Kier molecular flexibility index (Phi) is 6.99. The van der Waals surface area contributed by atoms with Crippen molar-refractivity contribution in [3.63, 3.8) is 0 Å². The standard InChI is InChI=1S/C25H32N4O2/c1-21(30)23-7-9-24(10-8-23)28-15-11-27(12-16-28)20-25(31)29-17-13-26(14-18-29)19-22-5-3-2-4-6-22/h2-10H,11-20H2,1H3. The number of piperazine rings is 2. The maximum Gasteiger partial charge on any atom is 0.236 e. The molecule has 2 aromatic carbocycles. The topological polar surface area (TPSA) is 47.1 Å². The number of anilines is 1. The third-order valence-electron chi connectivity index (χ3n) is 6.34. The van der Waals surface area contributed by atoms with Gasteiger partial charge in [-0.05, 0) is 36.8 Å². The molecule has 0 bridgehead atoms. The first-order chi connectivity index (χ1) is 15.1. The predicted octanol–water partition coefficient (Wildman–Crippen LogP) is 2.36. The summed E-state index contributed by atoms with van der Waals surface area (Å²) < 4.78 is 0. The molecule has 6 nitrogen and oxygen atoms in total. The van der Waals surface area contributed by atoms with E-state index in [0.29, 0.717) is 6.54 Å². The highest BCUT2D eigenvalue weighted by Crippen LogP contribution is 2.18. The lowest BCUT2D eigenvalue weighted by atomic mass is 10.1. The second-order valence-corrected chi connectivity index (χ2v) is 8.51. The van der Waals surface area contributed by atoms with E-state index in [2.05, 4.69) is 39.0 Å². The van der Waals surface area contributed by atoms with Gasteiger partial charge in [0.1, 0.15) is 0 Å². The largest absolute Gasteiger partial charge is 0.369 e. The van der Waals surface area contributed by atoms with Gasteiger partial charge in [0.25, 0.3) is 0 Å². The number of carbonyl (C=O) groups is 2. The van der Waals surface area contributed by atoms with Crippen LogP contribution in [-0.4, -0.2) is 85.3 Å². The molecule has 0 saturated carbocycles. The average Bonchev–Trinajstić information content (AvgIpc) is 2.81. The van der Waals surface area contributed by atoms with Gasteiger partial charge in [-0.1, -0.05) is 30.3 Å². The van der Waals surface area contributed by atoms with Crippen LogP contribution in [0.2, 0.25) is 0 Å². The number of carbonyl (C=O) groups excluding carboxylic acids is 2. The molecular formula is C25H32N4O2. The van der Waals surface area contributed by atoms with Gasteiger partial charge in [-0.25, -0.2) is 0 Å². The Balaban J connectivity index is 1.19. The molecule has 2 fully saturated rings. The molecule has 0 aliphatic carbocycles. The van der Waals surface area contributed by atoms with Gasteiger partial charge in [-0.2, -0.15) is 0 Å².